The zero-order valence-electron chi connectivity index (χ0n) is 8.01. The molecule has 0 saturated carbocycles. The lowest BCUT2D eigenvalue weighted by Crippen LogP contribution is -2.39. The Morgan fingerprint density at radius 3 is 2.69 bits per heavy atom. The Morgan fingerprint density at radius 1 is 1.54 bits per heavy atom. The molecule has 1 saturated heterocycles. The molecule has 1 amide bonds. The van der Waals surface area contributed by atoms with Crippen molar-refractivity contribution in [1.29, 1.82) is 0 Å². The van der Waals surface area contributed by atoms with Crippen LogP contribution in [0.25, 0.3) is 0 Å². The van der Waals surface area contributed by atoms with Gasteiger partial charge in [-0.25, -0.2) is 0 Å². The molecule has 0 bridgehead atoms. The molecule has 1 fully saturated rings. The van der Waals surface area contributed by atoms with Crippen LogP contribution in [0.3, 0.4) is 0 Å². The average Bonchev–Trinajstić information content (AvgIpc) is 2.15. The molecule has 1 N–H and O–H groups in total. The number of thiol groups is 1. The molecule has 3 nitrogen and oxygen atoms in total. The topological polar surface area (TPSA) is 38.3 Å². The van der Waals surface area contributed by atoms with Crippen molar-refractivity contribution in [1.82, 2.24) is 5.32 Å². The van der Waals surface area contributed by atoms with E-state index in [1.54, 1.807) is 0 Å². The van der Waals surface area contributed by atoms with Crippen molar-refractivity contribution >= 4 is 18.5 Å². The Bertz CT molecular complexity index is 178. The zero-order valence-corrected chi connectivity index (χ0v) is 8.90. The molecule has 4 heteroatoms. The highest BCUT2D eigenvalue weighted by Gasteiger charge is 2.27. The van der Waals surface area contributed by atoms with Gasteiger partial charge in [0.05, 0.1) is 5.75 Å². The highest BCUT2D eigenvalue weighted by atomic mass is 32.1. The van der Waals surface area contributed by atoms with Crippen molar-refractivity contribution in [3.8, 4) is 0 Å². The quantitative estimate of drug-likeness (QED) is 0.667. The van der Waals surface area contributed by atoms with Crippen LogP contribution in [-0.2, 0) is 9.53 Å². The maximum Gasteiger partial charge on any atom is 0.229 e. The minimum Gasteiger partial charge on any atom is -0.381 e. The third-order valence-corrected chi connectivity index (χ3v) is 2.84. The summed E-state index contributed by atoms with van der Waals surface area (Å²) in [5.74, 6) is 0.281. The molecule has 1 aliphatic rings. The summed E-state index contributed by atoms with van der Waals surface area (Å²) in [5, 5.41) is 2.87. The van der Waals surface area contributed by atoms with Gasteiger partial charge in [0.15, 0.2) is 0 Å². The molecule has 0 aliphatic carbocycles. The first-order valence-corrected chi connectivity index (χ1v) is 5.25. The van der Waals surface area contributed by atoms with E-state index in [4.69, 9.17) is 4.74 Å². The average molecular weight is 203 g/mol. The molecule has 1 heterocycles. The van der Waals surface area contributed by atoms with E-state index in [0.29, 0.717) is 0 Å². The maximum atomic E-state index is 11.0. The molecule has 0 atom stereocenters. The molecule has 1 aliphatic heterocycles. The minimum atomic E-state index is 0.0102. The van der Waals surface area contributed by atoms with Gasteiger partial charge in [-0.1, -0.05) is 6.92 Å². The number of rotatable bonds is 3. The molecule has 1 rings (SSSR count). The monoisotopic (exact) mass is 203 g/mol. The molecule has 0 unspecified atom stereocenters. The normalized spacial score (nSPS) is 21.1. The fraction of sp³-hybridized carbons (Fsp3) is 0.889. The molecule has 0 aromatic heterocycles. The summed E-state index contributed by atoms with van der Waals surface area (Å²) < 4.78 is 5.27. The van der Waals surface area contributed by atoms with Crippen LogP contribution in [0.4, 0.5) is 0 Å². The van der Waals surface area contributed by atoms with Gasteiger partial charge in [-0.3, -0.25) is 4.79 Å². The Labute approximate surface area is 84.6 Å². The Kier molecular flexibility index (Phi) is 4.06. The van der Waals surface area contributed by atoms with Crippen LogP contribution >= 0.6 is 12.6 Å². The Hall–Kier alpha value is -0.220. The van der Waals surface area contributed by atoms with Gasteiger partial charge in [0.1, 0.15) is 0 Å². The van der Waals surface area contributed by atoms with Gasteiger partial charge in [-0.15, -0.1) is 0 Å². The maximum absolute atomic E-state index is 11.0. The summed E-state index contributed by atoms with van der Waals surface area (Å²) in [6.07, 6.45) is 2.06. The fourth-order valence-electron chi connectivity index (χ4n) is 1.41. The predicted molar refractivity (Wildman–Crippen MR) is 55.0 cm³/mol. The van der Waals surface area contributed by atoms with Crippen molar-refractivity contribution in [3.63, 3.8) is 0 Å². The van der Waals surface area contributed by atoms with Crippen LogP contribution in [0.2, 0.25) is 0 Å². The number of hydrogen-bond acceptors (Lipinski definition) is 3. The number of hydrogen-bond donors (Lipinski definition) is 2. The van der Waals surface area contributed by atoms with Crippen molar-refractivity contribution in [2.45, 2.75) is 19.8 Å². The predicted octanol–water partition coefficient (Wildman–Crippen LogP) is 0.849. The lowest BCUT2D eigenvalue weighted by molar-refractivity contribution is -0.119. The van der Waals surface area contributed by atoms with E-state index in [1.165, 1.54) is 0 Å². The van der Waals surface area contributed by atoms with Crippen molar-refractivity contribution < 1.29 is 9.53 Å². The summed E-state index contributed by atoms with van der Waals surface area (Å²) in [6.45, 7) is 4.56. The number of nitrogens with one attached hydrogen (secondary N) is 1. The highest BCUT2D eigenvalue weighted by Crippen LogP contribution is 2.28. The third kappa shape index (κ3) is 3.56. The van der Waals surface area contributed by atoms with Crippen LogP contribution in [0, 0.1) is 5.41 Å². The second-order valence-corrected chi connectivity index (χ2v) is 4.17. The lowest BCUT2D eigenvalue weighted by Gasteiger charge is -2.33. The van der Waals surface area contributed by atoms with Crippen molar-refractivity contribution in [3.05, 3.63) is 0 Å². The van der Waals surface area contributed by atoms with E-state index in [-0.39, 0.29) is 17.1 Å². The van der Waals surface area contributed by atoms with Gasteiger partial charge in [-0.2, -0.15) is 12.6 Å². The van der Waals surface area contributed by atoms with Crippen LogP contribution in [0.15, 0.2) is 0 Å². The molecule has 13 heavy (non-hydrogen) atoms. The highest BCUT2D eigenvalue weighted by molar-refractivity contribution is 7.81. The van der Waals surface area contributed by atoms with E-state index in [1.807, 2.05) is 0 Å². The number of ether oxygens (including phenoxy) is 1. The van der Waals surface area contributed by atoms with Gasteiger partial charge in [0.2, 0.25) is 5.91 Å². The van der Waals surface area contributed by atoms with Gasteiger partial charge in [-0.05, 0) is 18.3 Å². The molecular weight excluding hydrogens is 186 g/mol. The van der Waals surface area contributed by atoms with Crippen molar-refractivity contribution in [2.75, 3.05) is 25.5 Å². The van der Waals surface area contributed by atoms with E-state index in [9.17, 15) is 4.79 Å². The van der Waals surface area contributed by atoms with Crippen LogP contribution in [0.5, 0.6) is 0 Å². The number of carbonyl (C=O) groups excluding carboxylic acids is 1. The summed E-state index contributed by atoms with van der Waals surface area (Å²) in [6, 6.07) is 0. The van der Waals surface area contributed by atoms with Gasteiger partial charge in [0, 0.05) is 19.8 Å². The smallest absolute Gasteiger partial charge is 0.229 e. The lowest BCUT2D eigenvalue weighted by atomic mass is 9.82. The Morgan fingerprint density at radius 2 is 2.15 bits per heavy atom. The molecule has 76 valence electrons. The van der Waals surface area contributed by atoms with E-state index >= 15 is 0 Å². The SMILES string of the molecule is CC1(CNC(=O)CS)CCOCC1. The molecule has 0 aromatic rings. The van der Waals surface area contributed by atoms with Crippen LogP contribution in [0.1, 0.15) is 19.8 Å². The fourth-order valence-corrected chi connectivity index (χ4v) is 1.52. The van der Waals surface area contributed by atoms with Crippen LogP contribution < -0.4 is 5.32 Å². The minimum absolute atomic E-state index is 0.0102. The van der Waals surface area contributed by atoms with Gasteiger partial charge >= 0.3 is 0 Å². The first-order valence-electron chi connectivity index (χ1n) is 4.62. The van der Waals surface area contributed by atoms with Crippen molar-refractivity contribution in [2.24, 2.45) is 5.41 Å². The summed E-state index contributed by atoms with van der Waals surface area (Å²) in [7, 11) is 0. The largest absolute Gasteiger partial charge is 0.381 e. The third-order valence-electron chi connectivity index (χ3n) is 2.56. The molecular formula is C9H17NO2S. The second-order valence-electron chi connectivity index (χ2n) is 3.86. The van der Waals surface area contributed by atoms with E-state index in [2.05, 4.69) is 24.9 Å². The number of carbonyl (C=O) groups is 1. The van der Waals surface area contributed by atoms with E-state index < -0.39 is 0 Å². The summed E-state index contributed by atoms with van der Waals surface area (Å²) in [4.78, 5) is 11.0. The van der Waals surface area contributed by atoms with Gasteiger partial charge in [0.25, 0.3) is 0 Å². The molecule has 0 aromatic carbocycles. The molecule has 0 spiro atoms. The summed E-state index contributed by atoms with van der Waals surface area (Å²) in [5.41, 5.74) is 0.219. The number of amides is 1. The van der Waals surface area contributed by atoms with Gasteiger partial charge < -0.3 is 10.1 Å². The zero-order chi connectivity index (χ0) is 9.73. The first kappa shape index (κ1) is 10.9. The summed E-state index contributed by atoms with van der Waals surface area (Å²) >= 11 is 3.90. The first-order chi connectivity index (χ1) is 6.16. The van der Waals surface area contributed by atoms with E-state index in [0.717, 1.165) is 32.6 Å². The molecule has 0 radical (unpaired) electrons. The van der Waals surface area contributed by atoms with Crippen LogP contribution in [-0.4, -0.2) is 31.4 Å². The Balaban J connectivity index is 2.28. The second kappa shape index (κ2) is 4.86. The standard InChI is InChI=1S/C9H17NO2S/c1-9(2-4-12-5-3-9)7-10-8(11)6-13/h13H,2-7H2,1H3,(H,10,11).